The summed E-state index contributed by atoms with van der Waals surface area (Å²) in [6, 6.07) is 8.03. The van der Waals surface area contributed by atoms with Gasteiger partial charge in [0.15, 0.2) is 0 Å². The zero-order valence-electron chi connectivity index (χ0n) is 10.4. The molecule has 2 rings (SSSR count). The van der Waals surface area contributed by atoms with E-state index >= 15 is 0 Å². The number of aryl methyl sites for hydroxylation is 1. The Morgan fingerprint density at radius 1 is 1.21 bits per heavy atom. The Morgan fingerprint density at radius 3 is 2.47 bits per heavy atom. The molecule has 98 valence electrons. The summed E-state index contributed by atoms with van der Waals surface area (Å²) in [7, 11) is 1.33. The Morgan fingerprint density at radius 2 is 1.89 bits per heavy atom. The predicted molar refractivity (Wildman–Crippen MR) is 69.6 cm³/mol. The minimum atomic E-state index is -0.396. The largest absolute Gasteiger partial charge is 0.465 e. The number of aromatic nitrogens is 2. The van der Waals surface area contributed by atoms with Crippen molar-refractivity contribution < 1.29 is 14.3 Å². The number of rotatable bonds is 3. The number of methoxy groups -OCH3 is 1. The van der Waals surface area contributed by atoms with E-state index in [2.05, 4.69) is 14.7 Å². The van der Waals surface area contributed by atoms with Gasteiger partial charge in [-0.1, -0.05) is 11.6 Å². The van der Waals surface area contributed by atoms with Gasteiger partial charge in [0, 0.05) is 6.07 Å². The van der Waals surface area contributed by atoms with Crippen molar-refractivity contribution in [2.45, 2.75) is 6.92 Å². The first-order valence-electron chi connectivity index (χ1n) is 5.46. The molecular weight excluding hydrogens is 268 g/mol. The van der Waals surface area contributed by atoms with E-state index in [1.807, 2.05) is 0 Å². The molecule has 0 spiro atoms. The van der Waals surface area contributed by atoms with Gasteiger partial charge in [0.2, 0.25) is 5.88 Å². The number of halogens is 1. The first-order valence-corrected chi connectivity index (χ1v) is 5.83. The minimum Gasteiger partial charge on any atom is -0.465 e. The fourth-order valence-corrected chi connectivity index (χ4v) is 1.67. The van der Waals surface area contributed by atoms with Crippen LogP contribution in [0.2, 0.25) is 5.15 Å². The molecule has 19 heavy (non-hydrogen) atoms. The molecule has 2 aromatic rings. The van der Waals surface area contributed by atoms with E-state index in [-0.39, 0.29) is 0 Å². The van der Waals surface area contributed by atoms with E-state index in [0.29, 0.717) is 28.2 Å². The molecule has 6 heteroatoms. The molecule has 0 aliphatic heterocycles. The highest BCUT2D eigenvalue weighted by Crippen LogP contribution is 2.22. The topological polar surface area (TPSA) is 61.3 Å². The maximum Gasteiger partial charge on any atom is 0.337 e. The van der Waals surface area contributed by atoms with Crippen LogP contribution in [0.5, 0.6) is 11.6 Å². The van der Waals surface area contributed by atoms with Crippen LogP contribution in [0.15, 0.2) is 30.3 Å². The van der Waals surface area contributed by atoms with Gasteiger partial charge in [-0.15, -0.1) is 0 Å². The third-order valence-electron chi connectivity index (χ3n) is 2.28. The van der Waals surface area contributed by atoms with Gasteiger partial charge >= 0.3 is 5.97 Å². The van der Waals surface area contributed by atoms with Crippen molar-refractivity contribution >= 4 is 17.6 Å². The highest BCUT2D eigenvalue weighted by molar-refractivity contribution is 6.29. The molecule has 0 amide bonds. The second kappa shape index (κ2) is 5.67. The quantitative estimate of drug-likeness (QED) is 0.638. The third-order valence-corrected chi connectivity index (χ3v) is 2.47. The van der Waals surface area contributed by atoms with Gasteiger partial charge in [0.1, 0.15) is 16.7 Å². The normalized spacial score (nSPS) is 10.1. The molecule has 0 saturated carbocycles. The van der Waals surface area contributed by atoms with Crippen molar-refractivity contribution in [1.82, 2.24) is 9.97 Å². The number of hydrogen-bond donors (Lipinski definition) is 0. The number of esters is 1. The Kier molecular flexibility index (Phi) is 3.97. The molecule has 1 aromatic heterocycles. The van der Waals surface area contributed by atoms with Gasteiger partial charge in [-0.05, 0) is 31.2 Å². The standard InChI is InChI=1S/C13H11ClN2O3/c1-8-15-11(14)7-12(16-8)19-10-5-3-9(4-6-10)13(17)18-2/h3-7H,1-2H3. The van der Waals surface area contributed by atoms with E-state index in [1.165, 1.54) is 13.2 Å². The fourth-order valence-electron chi connectivity index (χ4n) is 1.46. The molecule has 0 aliphatic rings. The van der Waals surface area contributed by atoms with Crippen LogP contribution in [-0.2, 0) is 4.74 Å². The lowest BCUT2D eigenvalue weighted by Gasteiger charge is -2.06. The van der Waals surface area contributed by atoms with Crippen molar-refractivity contribution in [1.29, 1.82) is 0 Å². The van der Waals surface area contributed by atoms with Crippen molar-refractivity contribution in [3.63, 3.8) is 0 Å². The van der Waals surface area contributed by atoms with Crippen molar-refractivity contribution in [2.24, 2.45) is 0 Å². The average Bonchev–Trinajstić information content (AvgIpc) is 2.37. The average molecular weight is 279 g/mol. The van der Waals surface area contributed by atoms with Crippen molar-refractivity contribution in [3.8, 4) is 11.6 Å². The van der Waals surface area contributed by atoms with E-state index in [9.17, 15) is 4.79 Å². The number of nitrogens with zero attached hydrogens (tertiary/aromatic N) is 2. The zero-order valence-corrected chi connectivity index (χ0v) is 11.1. The summed E-state index contributed by atoms with van der Waals surface area (Å²) in [6.07, 6.45) is 0. The Labute approximate surface area is 115 Å². The maximum absolute atomic E-state index is 11.3. The molecule has 5 nitrogen and oxygen atoms in total. The Hall–Kier alpha value is -2.14. The van der Waals surface area contributed by atoms with E-state index < -0.39 is 5.97 Å². The van der Waals surface area contributed by atoms with Gasteiger partial charge in [0.25, 0.3) is 0 Å². The summed E-state index contributed by atoms with van der Waals surface area (Å²) in [5.74, 6) is 1.02. The molecule has 1 aromatic carbocycles. The van der Waals surface area contributed by atoms with Gasteiger partial charge in [-0.2, -0.15) is 4.98 Å². The molecular formula is C13H11ClN2O3. The predicted octanol–water partition coefficient (Wildman–Crippen LogP) is 3.02. The van der Waals surface area contributed by atoms with E-state index in [1.54, 1.807) is 31.2 Å². The van der Waals surface area contributed by atoms with Crippen LogP contribution >= 0.6 is 11.6 Å². The van der Waals surface area contributed by atoms with Crippen LogP contribution in [0, 0.1) is 6.92 Å². The molecule has 0 N–H and O–H groups in total. The lowest BCUT2D eigenvalue weighted by molar-refractivity contribution is 0.0600. The molecule has 0 aliphatic carbocycles. The summed E-state index contributed by atoms with van der Waals surface area (Å²) < 4.78 is 10.1. The monoisotopic (exact) mass is 278 g/mol. The molecule has 0 atom stereocenters. The Balaban J connectivity index is 2.17. The fraction of sp³-hybridized carbons (Fsp3) is 0.154. The van der Waals surface area contributed by atoms with Gasteiger partial charge in [-0.3, -0.25) is 0 Å². The van der Waals surface area contributed by atoms with Crippen molar-refractivity contribution in [2.75, 3.05) is 7.11 Å². The van der Waals surface area contributed by atoms with E-state index in [0.717, 1.165) is 0 Å². The molecule has 0 radical (unpaired) electrons. The molecule has 1 heterocycles. The number of carbonyl (C=O) groups excluding carboxylic acids is 1. The molecule has 0 fully saturated rings. The minimum absolute atomic E-state index is 0.314. The lowest BCUT2D eigenvalue weighted by Crippen LogP contribution is -2.00. The van der Waals surface area contributed by atoms with Crippen LogP contribution in [0.3, 0.4) is 0 Å². The SMILES string of the molecule is COC(=O)c1ccc(Oc2cc(Cl)nc(C)n2)cc1. The highest BCUT2D eigenvalue weighted by atomic mass is 35.5. The molecule has 0 bridgehead atoms. The summed E-state index contributed by atoms with van der Waals surface area (Å²) >= 11 is 5.81. The number of carbonyl (C=O) groups is 1. The first-order chi connectivity index (χ1) is 9.08. The third kappa shape index (κ3) is 3.42. The van der Waals surface area contributed by atoms with Gasteiger partial charge < -0.3 is 9.47 Å². The van der Waals surface area contributed by atoms with Crippen LogP contribution in [-0.4, -0.2) is 23.0 Å². The molecule has 0 saturated heterocycles. The van der Waals surface area contributed by atoms with Crippen LogP contribution < -0.4 is 4.74 Å². The maximum atomic E-state index is 11.3. The first kappa shape index (κ1) is 13.3. The summed E-state index contributed by atoms with van der Waals surface area (Å²) in [6.45, 7) is 1.72. The highest BCUT2D eigenvalue weighted by Gasteiger charge is 2.06. The Bertz CT molecular complexity index is 579. The number of hydrogen-bond acceptors (Lipinski definition) is 5. The van der Waals surface area contributed by atoms with Crippen molar-refractivity contribution in [3.05, 3.63) is 46.9 Å². The number of benzene rings is 1. The lowest BCUT2D eigenvalue weighted by atomic mass is 10.2. The van der Waals surface area contributed by atoms with Gasteiger partial charge in [0.05, 0.1) is 12.7 Å². The smallest absolute Gasteiger partial charge is 0.337 e. The van der Waals surface area contributed by atoms with E-state index in [4.69, 9.17) is 16.3 Å². The summed E-state index contributed by atoms with van der Waals surface area (Å²) in [5.41, 5.74) is 0.451. The van der Waals surface area contributed by atoms with Crippen LogP contribution in [0.4, 0.5) is 0 Å². The number of ether oxygens (including phenoxy) is 2. The zero-order chi connectivity index (χ0) is 13.8. The second-order valence-corrected chi connectivity index (χ2v) is 4.08. The second-order valence-electron chi connectivity index (χ2n) is 3.69. The summed E-state index contributed by atoms with van der Waals surface area (Å²) in [5, 5.41) is 0.314. The summed E-state index contributed by atoms with van der Waals surface area (Å²) in [4.78, 5) is 19.3. The van der Waals surface area contributed by atoms with Crippen LogP contribution in [0.1, 0.15) is 16.2 Å². The molecule has 0 unspecified atom stereocenters. The van der Waals surface area contributed by atoms with Crippen LogP contribution in [0.25, 0.3) is 0 Å². The van der Waals surface area contributed by atoms with Gasteiger partial charge in [-0.25, -0.2) is 9.78 Å².